The summed E-state index contributed by atoms with van der Waals surface area (Å²) in [6.07, 6.45) is 0. The van der Waals surface area contributed by atoms with Gasteiger partial charge in [-0.15, -0.1) is 10.2 Å². The summed E-state index contributed by atoms with van der Waals surface area (Å²) in [7, 11) is 0. The molecule has 5 heteroatoms. The molecule has 1 aliphatic rings. The standard InChI is InChI=1S/C16H12N4S/c1-11-15-16(20(19-11)12-7-3-2-4-8-12)21-14-10-6-5-9-13(14)17-18-15/h2-10H,1H3. The molecule has 0 fully saturated rings. The predicted molar refractivity (Wildman–Crippen MR) is 83.0 cm³/mol. The molecule has 0 amide bonds. The number of fused-ring (bicyclic) bond motifs is 2. The van der Waals surface area contributed by atoms with Crippen LogP contribution in [0.25, 0.3) is 5.69 Å². The average molecular weight is 292 g/mol. The minimum Gasteiger partial charge on any atom is -0.224 e. The van der Waals surface area contributed by atoms with Crippen LogP contribution >= 0.6 is 11.8 Å². The zero-order valence-electron chi connectivity index (χ0n) is 11.4. The highest BCUT2D eigenvalue weighted by Gasteiger charge is 2.21. The smallest absolute Gasteiger partial charge is 0.141 e. The molecule has 1 aromatic heterocycles. The van der Waals surface area contributed by atoms with Crippen LogP contribution in [0.1, 0.15) is 5.69 Å². The molecular formula is C16H12N4S. The van der Waals surface area contributed by atoms with E-state index in [4.69, 9.17) is 0 Å². The first-order valence-corrected chi connectivity index (χ1v) is 7.48. The number of hydrogen-bond donors (Lipinski definition) is 0. The second-order valence-electron chi connectivity index (χ2n) is 4.76. The number of nitrogens with zero attached hydrogens (tertiary/aromatic N) is 4. The van der Waals surface area contributed by atoms with Crippen molar-refractivity contribution >= 4 is 23.1 Å². The Bertz CT molecular complexity index is 837. The van der Waals surface area contributed by atoms with Crippen molar-refractivity contribution in [1.29, 1.82) is 0 Å². The highest BCUT2D eigenvalue weighted by molar-refractivity contribution is 7.99. The molecule has 0 saturated carbocycles. The van der Waals surface area contributed by atoms with Gasteiger partial charge < -0.3 is 0 Å². The van der Waals surface area contributed by atoms with Gasteiger partial charge in [0.05, 0.1) is 17.1 Å². The van der Waals surface area contributed by atoms with Gasteiger partial charge in [0.2, 0.25) is 0 Å². The van der Waals surface area contributed by atoms with Crippen molar-refractivity contribution < 1.29 is 0 Å². The first-order valence-electron chi connectivity index (χ1n) is 6.66. The molecule has 0 spiro atoms. The van der Waals surface area contributed by atoms with Gasteiger partial charge in [-0.3, -0.25) is 0 Å². The highest BCUT2D eigenvalue weighted by atomic mass is 32.2. The minimum atomic E-state index is 0.847. The van der Waals surface area contributed by atoms with E-state index in [2.05, 4.69) is 21.4 Å². The third kappa shape index (κ3) is 2.06. The lowest BCUT2D eigenvalue weighted by Gasteiger charge is -2.07. The van der Waals surface area contributed by atoms with Gasteiger partial charge in [0, 0.05) is 4.90 Å². The largest absolute Gasteiger partial charge is 0.224 e. The molecule has 0 aliphatic carbocycles. The summed E-state index contributed by atoms with van der Waals surface area (Å²) in [6.45, 7) is 1.97. The lowest BCUT2D eigenvalue weighted by atomic mass is 10.3. The maximum absolute atomic E-state index is 4.62. The number of aryl methyl sites for hydroxylation is 1. The van der Waals surface area contributed by atoms with Crippen LogP contribution in [-0.2, 0) is 0 Å². The third-order valence-electron chi connectivity index (χ3n) is 3.32. The Morgan fingerprint density at radius 1 is 0.905 bits per heavy atom. The fourth-order valence-electron chi connectivity index (χ4n) is 2.28. The highest BCUT2D eigenvalue weighted by Crippen LogP contribution is 2.45. The van der Waals surface area contributed by atoms with Crippen LogP contribution in [0.4, 0.5) is 11.4 Å². The van der Waals surface area contributed by atoms with E-state index in [0.717, 1.165) is 32.7 Å². The average Bonchev–Trinajstić information content (AvgIpc) is 2.72. The molecule has 102 valence electrons. The topological polar surface area (TPSA) is 42.5 Å². The first-order chi connectivity index (χ1) is 10.3. The van der Waals surface area contributed by atoms with Crippen LogP contribution < -0.4 is 0 Å². The number of benzene rings is 2. The Morgan fingerprint density at radius 2 is 1.67 bits per heavy atom. The number of hydrogen-bond acceptors (Lipinski definition) is 4. The van der Waals surface area contributed by atoms with Crippen molar-refractivity contribution in [3.63, 3.8) is 0 Å². The molecule has 1 aliphatic heterocycles. The molecule has 0 unspecified atom stereocenters. The summed E-state index contributed by atoms with van der Waals surface area (Å²) in [6, 6.07) is 18.1. The van der Waals surface area contributed by atoms with Crippen LogP contribution in [0.3, 0.4) is 0 Å². The molecule has 0 N–H and O–H groups in total. The maximum Gasteiger partial charge on any atom is 0.141 e. The molecule has 21 heavy (non-hydrogen) atoms. The van der Waals surface area contributed by atoms with Gasteiger partial charge in [-0.2, -0.15) is 5.10 Å². The van der Waals surface area contributed by atoms with Crippen LogP contribution in [0.5, 0.6) is 0 Å². The molecule has 4 rings (SSSR count). The number of para-hydroxylation sites is 1. The van der Waals surface area contributed by atoms with Crippen LogP contribution in [-0.4, -0.2) is 9.78 Å². The quantitative estimate of drug-likeness (QED) is 0.492. The zero-order valence-corrected chi connectivity index (χ0v) is 12.2. The van der Waals surface area contributed by atoms with Crippen LogP contribution in [0.15, 0.2) is 74.7 Å². The number of azo groups is 1. The van der Waals surface area contributed by atoms with Crippen molar-refractivity contribution in [1.82, 2.24) is 9.78 Å². The van der Waals surface area contributed by atoms with Gasteiger partial charge in [-0.25, -0.2) is 4.68 Å². The van der Waals surface area contributed by atoms with Crippen LogP contribution in [0.2, 0.25) is 0 Å². The Hall–Kier alpha value is -2.40. The molecule has 2 aromatic carbocycles. The van der Waals surface area contributed by atoms with Gasteiger partial charge >= 0.3 is 0 Å². The van der Waals surface area contributed by atoms with Gasteiger partial charge in [-0.1, -0.05) is 42.1 Å². The van der Waals surface area contributed by atoms with Gasteiger partial charge in [0.15, 0.2) is 0 Å². The lowest BCUT2D eigenvalue weighted by molar-refractivity contribution is 0.794. The third-order valence-corrected chi connectivity index (χ3v) is 4.44. The van der Waals surface area contributed by atoms with E-state index in [9.17, 15) is 0 Å². The normalized spacial score (nSPS) is 12.6. The zero-order chi connectivity index (χ0) is 14.2. The molecule has 0 radical (unpaired) electrons. The summed E-state index contributed by atoms with van der Waals surface area (Å²) >= 11 is 1.66. The molecule has 0 saturated heterocycles. The van der Waals surface area contributed by atoms with E-state index in [-0.39, 0.29) is 0 Å². The molecule has 2 heterocycles. The van der Waals surface area contributed by atoms with Crippen molar-refractivity contribution in [2.75, 3.05) is 0 Å². The van der Waals surface area contributed by atoms with E-state index in [1.54, 1.807) is 11.8 Å². The molecule has 3 aromatic rings. The fourth-order valence-corrected chi connectivity index (χ4v) is 3.37. The van der Waals surface area contributed by atoms with Crippen molar-refractivity contribution in [3.05, 3.63) is 60.3 Å². The van der Waals surface area contributed by atoms with Gasteiger partial charge in [-0.05, 0) is 31.2 Å². The second-order valence-corrected chi connectivity index (χ2v) is 5.79. The van der Waals surface area contributed by atoms with Crippen molar-refractivity contribution in [3.8, 4) is 5.69 Å². The molecule has 4 nitrogen and oxygen atoms in total. The molecular weight excluding hydrogens is 280 g/mol. The van der Waals surface area contributed by atoms with E-state index in [1.165, 1.54) is 0 Å². The number of aromatic nitrogens is 2. The van der Waals surface area contributed by atoms with Crippen LogP contribution in [0, 0.1) is 6.92 Å². The monoisotopic (exact) mass is 292 g/mol. The SMILES string of the molecule is Cc1nn(-c2ccccc2)c2c1N=Nc1ccccc1S2. The second kappa shape index (κ2) is 4.86. The fraction of sp³-hybridized carbons (Fsp3) is 0.0625. The Kier molecular flexibility index (Phi) is 2.86. The van der Waals surface area contributed by atoms with E-state index in [0.29, 0.717) is 0 Å². The van der Waals surface area contributed by atoms with Crippen molar-refractivity contribution in [2.45, 2.75) is 16.8 Å². The Balaban J connectivity index is 1.92. The van der Waals surface area contributed by atoms with E-state index >= 15 is 0 Å². The van der Waals surface area contributed by atoms with Gasteiger partial charge in [0.1, 0.15) is 10.7 Å². The van der Waals surface area contributed by atoms with Crippen molar-refractivity contribution in [2.24, 2.45) is 10.2 Å². The maximum atomic E-state index is 4.62. The first kappa shape index (κ1) is 12.3. The van der Waals surface area contributed by atoms with E-state index < -0.39 is 0 Å². The molecule has 0 bridgehead atoms. The predicted octanol–water partition coefficient (Wildman–Crippen LogP) is 5.06. The summed E-state index contributed by atoms with van der Waals surface area (Å²) in [5, 5.41) is 14.4. The van der Waals surface area contributed by atoms with Gasteiger partial charge in [0.25, 0.3) is 0 Å². The number of rotatable bonds is 1. The molecule has 0 atom stereocenters. The van der Waals surface area contributed by atoms with E-state index in [1.807, 2.05) is 60.1 Å². The lowest BCUT2D eigenvalue weighted by Crippen LogP contribution is -1.97. The summed E-state index contributed by atoms with van der Waals surface area (Å²) in [4.78, 5) is 1.09. The summed E-state index contributed by atoms with van der Waals surface area (Å²) < 4.78 is 1.94. The Morgan fingerprint density at radius 3 is 2.52 bits per heavy atom. The summed E-state index contributed by atoms with van der Waals surface area (Å²) in [5.41, 5.74) is 3.67. The minimum absolute atomic E-state index is 0.847. The Labute approximate surface area is 126 Å². The summed E-state index contributed by atoms with van der Waals surface area (Å²) in [5.74, 6) is 0.